The van der Waals surface area contributed by atoms with E-state index in [4.69, 9.17) is 16.3 Å². The van der Waals surface area contributed by atoms with Crippen LogP contribution in [-0.2, 0) is 15.5 Å². The van der Waals surface area contributed by atoms with E-state index in [1.165, 1.54) is 6.33 Å². The topological polar surface area (TPSA) is 78.9 Å². The van der Waals surface area contributed by atoms with E-state index < -0.39 is 23.5 Å². The number of hydrogen-bond donors (Lipinski definition) is 0. The monoisotopic (exact) mass is 577 g/mol. The van der Waals surface area contributed by atoms with Crippen molar-refractivity contribution in [2.45, 2.75) is 77.4 Å². The molecular formula is C29H38ClF2N5O3. The summed E-state index contributed by atoms with van der Waals surface area (Å²) in [6, 6.07) is 6.87. The normalized spacial score (nSPS) is 19.4. The number of amides is 2. The van der Waals surface area contributed by atoms with Crippen molar-refractivity contribution >= 4 is 29.4 Å². The van der Waals surface area contributed by atoms with Gasteiger partial charge in [0.2, 0.25) is 5.91 Å². The molecule has 1 aromatic carbocycles. The number of halogens is 3. The number of benzene rings is 1. The molecule has 11 heteroatoms. The van der Waals surface area contributed by atoms with Crippen molar-refractivity contribution in [2.75, 3.05) is 37.6 Å². The first-order valence-corrected chi connectivity index (χ1v) is 14.1. The van der Waals surface area contributed by atoms with Gasteiger partial charge in [0.15, 0.2) is 0 Å². The minimum absolute atomic E-state index is 0.121. The first-order chi connectivity index (χ1) is 18.7. The third-order valence-electron chi connectivity index (χ3n) is 7.36. The Balaban J connectivity index is 1.54. The molecule has 4 rings (SSSR count). The smallest absolute Gasteiger partial charge is 0.410 e. The second-order valence-corrected chi connectivity index (χ2v) is 12.3. The number of anilines is 1. The van der Waals surface area contributed by atoms with Crippen LogP contribution >= 0.6 is 11.6 Å². The quantitative estimate of drug-likeness (QED) is 0.431. The number of ether oxygens (including phenoxy) is 1. The van der Waals surface area contributed by atoms with Crippen molar-refractivity contribution in [2.24, 2.45) is 0 Å². The van der Waals surface area contributed by atoms with Gasteiger partial charge in [-0.25, -0.2) is 14.8 Å². The minimum Gasteiger partial charge on any atom is -0.444 e. The Bertz CT molecular complexity index is 1230. The molecule has 2 atom stereocenters. The average Bonchev–Trinajstić information content (AvgIpc) is 3.12. The third-order valence-corrected chi connectivity index (χ3v) is 7.61. The summed E-state index contributed by atoms with van der Waals surface area (Å²) in [4.78, 5) is 40.6. The van der Waals surface area contributed by atoms with Gasteiger partial charge in [0.05, 0.1) is 5.92 Å². The van der Waals surface area contributed by atoms with Crippen molar-refractivity contribution in [3.8, 4) is 0 Å². The van der Waals surface area contributed by atoms with E-state index in [-0.39, 0.29) is 36.5 Å². The molecule has 40 heavy (non-hydrogen) atoms. The molecule has 1 aliphatic carbocycles. The van der Waals surface area contributed by atoms with Gasteiger partial charge < -0.3 is 19.4 Å². The van der Waals surface area contributed by atoms with E-state index in [0.29, 0.717) is 42.6 Å². The van der Waals surface area contributed by atoms with E-state index in [1.54, 1.807) is 61.8 Å². The number of nitrogens with zero attached hydrogens (tertiary/aromatic N) is 5. The second-order valence-electron chi connectivity index (χ2n) is 11.9. The number of alkyl halides is 2. The lowest BCUT2D eigenvalue weighted by Gasteiger charge is -2.39. The van der Waals surface area contributed by atoms with Crippen LogP contribution in [0, 0.1) is 0 Å². The Labute approximate surface area is 239 Å². The maximum atomic E-state index is 14.5. The maximum Gasteiger partial charge on any atom is 0.410 e. The molecule has 2 aliphatic rings. The predicted molar refractivity (Wildman–Crippen MR) is 150 cm³/mol. The number of piperazine rings is 1. The van der Waals surface area contributed by atoms with Gasteiger partial charge >= 0.3 is 6.09 Å². The van der Waals surface area contributed by atoms with Gasteiger partial charge in [-0.05, 0) is 58.2 Å². The van der Waals surface area contributed by atoms with Crippen LogP contribution in [0.5, 0.6) is 0 Å². The van der Waals surface area contributed by atoms with Gasteiger partial charge in [0.25, 0.3) is 5.92 Å². The summed E-state index contributed by atoms with van der Waals surface area (Å²) in [6.45, 7) is 12.8. The fourth-order valence-corrected chi connectivity index (χ4v) is 5.49. The number of rotatable bonds is 6. The molecule has 0 saturated carbocycles. The zero-order valence-electron chi connectivity index (χ0n) is 24.0. The molecular weight excluding hydrogens is 540 g/mol. The van der Waals surface area contributed by atoms with Crippen LogP contribution < -0.4 is 4.90 Å². The van der Waals surface area contributed by atoms with Gasteiger partial charge in [-0.2, -0.15) is 8.78 Å². The van der Waals surface area contributed by atoms with Gasteiger partial charge in [0, 0.05) is 55.8 Å². The highest BCUT2D eigenvalue weighted by atomic mass is 35.5. The number of hydrogen-bond acceptors (Lipinski definition) is 6. The standard InChI is InChI=1S/C29H38ClF2N5O3/c1-18(2)37(27(39)40-28(4,5)6)16-22(20-7-9-21(30)10-8-20)26(38)36-13-11-35(12-14-36)25-23-19(3)15-29(31,32)24(23)33-17-34-25/h7-10,17-19,22H,11-16H2,1-6H3. The highest BCUT2D eigenvalue weighted by Gasteiger charge is 2.47. The van der Waals surface area contributed by atoms with Crippen LogP contribution in [0.25, 0.3) is 0 Å². The fourth-order valence-electron chi connectivity index (χ4n) is 5.36. The van der Waals surface area contributed by atoms with Crippen LogP contribution in [0.4, 0.5) is 19.4 Å². The molecule has 8 nitrogen and oxygen atoms in total. The molecule has 2 amide bonds. The van der Waals surface area contributed by atoms with E-state index >= 15 is 0 Å². The second kappa shape index (κ2) is 11.5. The van der Waals surface area contributed by atoms with Crippen LogP contribution in [0.15, 0.2) is 30.6 Å². The molecule has 1 aromatic heterocycles. The summed E-state index contributed by atoms with van der Waals surface area (Å²) in [5.41, 5.74) is 0.373. The van der Waals surface area contributed by atoms with Crippen molar-refractivity contribution in [1.82, 2.24) is 19.8 Å². The minimum atomic E-state index is -2.97. The van der Waals surface area contributed by atoms with Crippen LogP contribution in [0.2, 0.25) is 5.02 Å². The first kappa shape index (κ1) is 30.0. The van der Waals surface area contributed by atoms with E-state index in [0.717, 1.165) is 5.56 Å². The van der Waals surface area contributed by atoms with Crippen molar-refractivity contribution in [1.29, 1.82) is 0 Å². The lowest BCUT2D eigenvalue weighted by Crippen LogP contribution is -2.52. The van der Waals surface area contributed by atoms with Gasteiger partial charge in [-0.1, -0.05) is 30.7 Å². The Morgan fingerprint density at radius 1 is 1.12 bits per heavy atom. The van der Waals surface area contributed by atoms with Crippen LogP contribution in [-0.4, -0.2) is 76.1 Å². The Hall–Kier alpha value is -3.01. The SMILES string of the molecule is CC1CC(F)(F)c2ncnc(N3CCN(C(=O)C(CN(C(=O)OC(C)(C)C)C(C)C)c4ccc(Cl)cc4)CC3)c21. The average molecular weight is 578 g/mol. The largest absolute Gasteiger partial charge is 0.444 e. The van der Waals surface area contributed by atoms with Crippen molar-refractivity contribution in [3.63, 3.8) is 0 Å². The number of carbonyl (C=O) groups excluding carboxylic acids is 2. The zero-order valence-corrected chi connectivity index (χ0v) is 24.7. The Morgan fingerprint density at radius 2 is 1.75 bits per heavy atom. The van der Waals surface area contributed by atoms with Crippen LogP contribution in [0.1, 0.15) is 76.6 Å². The van der Waals surface area contributed by atoms with E-state index in [2.05, 4.69) is 9.97 Å². The number of aromatic nitrogens is 2. The van der Waals surface area contributed by atoms with Gasteiger partial charge in [-0.3, -0.25) is 4.79 Å². The molecule has 0 bridgehead atoms. The molecule has 0 spiro atoms. The summed E-state index contributed by atoms with van der Waals surface area (Å²) >= 11 is 6.12. The lowest BCUT2D eigenvalue weighted by molar-refractivity contribution is -0.133. The molecule has 218 valence electrons. The van der Waals surface area contributed by atoms with Gasteiger partial charge in [-0.15, -0.1) is 0 Å². The number of fused-ring (bicyclic) bond motifs is 1. The summed E-state index contributed by atoms with van der Waals surface area (Å²) < 4.78 is 34.6. The van der Waals surface area contributed by atoms with E-state index in [1.807, 2.05) is 18.7 Å². The molecule has 0 radical (unpaired) electrons. The molecule has 2 aromatic rings. The predicted octanol–water partition coefficient (Wildman–Crippen LogP) is 5.81. The highest BCUT2D eigenvalue weighted by Crippen LogP contribution is 2.49. The molecule has 1 aliphatic heterocycles. The fraction of sp³-hybridized carbons (Fsp3) is 0.586. The maximum absolute atomic E-state index is 14.5. The molecule has 0 N–H and O–H groups in total. The van der Waals surface area contributed by atoms with E-state index in [9.17, 15) is 18.4 Å². The summed E-state index contributed by atoms with van der Waals surface area (Å²) in [6.07, 6.45) is 0.438. The Kier molecular flexibility index (Phi) is 8.59. The molecule has 2 heterocycles. The van der Waals surface area contributed by atoms with Crippen LogP contribution in [0.3, 0.4) is 0 Å². The van der Waals surface area contributed by atoms with Gasteiger partial charge in [0.1, 0.15) is 23.4 Å². The van der Waals surface area contributed by atoms with Crippen molar-refractivity contribution < 1.29 is 23.1 Å². The van der Waals surface area contributed by atoms with Crippen molar-refractivity contribution in [3.05, 3.63) is 52.4 Å². The summed E-state index contributed by atoms with van der Waals surface area (Å²) in [7, 11) is 0. The highest BCUT2D eigenvalue weighted by molar-refractivity contribution is 6.30. The molecule has 2 unspecified atom stereocenters. The third kappa shape index (κ3) is 6.48. The Morgan fingerprint density at radius 3 is 2.33 bits per heavy atom. The zero-order chi connectivity index (χ0) is 29.4. The summed E-state index contributed by atoms with van der Waals surface area (Å²) in [5, 5.41) is 0.550. The first-order valence-electron chi connectivity index (χ1n) is 13.7. The molecule has 1 saturated heterocycles. The molecule has 1 fully saturated rings. The lowest BCUT2D eigenvalue weighted by atomic mass is 9.96. The summed E-state index contributed by atoms with van der Waals surface area (Å²) in [5.74, 6) is -3.56. The number of carbonyl (C=O) groups is 2.